The number of nitrogens with two attached hydrogens (primary N) is 1. The molecule has 1 aromatic heterocycles. The number of benzene rings is 2. The van der Waals surface area contributed by atoms with Crippen LogP contribution in [0, 0.1) is 11.2 Å². The molecule has 0 atom stereocenters. The molecule has 0 aliphatic heterocycles. The van der Waals surface area contributed by atoms with Gasteiger partial charge in [0.1, 0.15) is 11.6 Å². The van der Waals surface area contributed by atoms with Crippen molar-refractivity contribution in [3.8, 4) is 17.3 Å². The van der Waals surface area contributed by atoms with E-state index in [-0.39, 0.29) is 17.3 Å². The molecule has 4 N–H and O–H groups in total. The van der Waals surface area contributed by atoms with Gasteiger partial charge in [0.15, 0.2) is 5.82 Å². The van der Waals surface area contributed by atoms with Gasteiger partial charge in [-0.3, -0.25) is 0 Å². The van der Waals surface area contributed by atoms with E-state index in [4.69, 9.17) is 27.5 Å². The lowest BCUT2D eigenvalue weighted by atomic mass is 10.1. The maximum Gasteiger partial charge on any atom is 0.228 e. The smallest absolute Gasteiger partial charge is 0.228 e. The van der Waals surface area contributed by atoms with Crippen LogP contribution in [0.2, 0.25) is 5.02 Å². The minimum Gasteiger partial charge on any atom is -0.477 e. The summed E-state index contributed by atoms with van der Waals surface area (Å²) in [6.07, 6.45) is 1.85. The van der Waals surface area contributed by atoms with Gasteiger partial charge in [0, 0.05) is 22.0 Å². The second kappa shape index (κ2) is 12.0. The summed E-state index contributed by atoms with van der Waals surface area (Å²) >= 11 is 7.08. The molecule has 3 aromatic rings. The quantitative estimate of drug-likeness (QED) is 0.174. The molecule has 0 radical (unpaired) electrons. The largest absolute Gasteiger partial charge is 0.477 e. The minimum absolute atomic E-state index is 0.204. The molecule has 0 amide bonds. The maximum absolute atomic E-state index is 13.9. The second-order valence-electron chi connectivity index (χ2n) is 7.95. The molecule has 1 heterocycles. The van der Waals surface area contributed by atoms with Crippen LogP contribution in [0.1, 0.15) is 25.3 Å². The van der Waals surface area contributed by atoms with E-state index in [1.807, 2.05) is 38.4 Å². The van der Waals surface area contributed by atoms with Crippen molar-refractivity contribution in [3.05, 3.63) is 58.9 Å². The van der Waals surface area contributed by atoms with Crippen molar-refractivity contribution in [1.82, 2.24) is 14.9 Å². The number of halogens is 2. The predicted octanol–water partition coefficient (Wildman–Crippen LogP) is 5.75. The van der Waals surface area contributed by atoms with E-state index in [0.29, 0.717) is 33.8 Å². The van der Waals surface area contributed by atoms with E-state index in [1.165, 1.54) is 12.1 Å². The van der Waals surface area contributed by atoms with Crippen molar-refractivity contribution in [2.24, 2.45) is 0 Å². The molecule has 0 saturated carbocycles. The Morgan fingerprint density at radius 3 is 2.59 bits per heavy atom. The number of anilines is 2. The number of aromatic nitrogens is 2. The van der Waals surface area contributed by atoms with Crippen LogP contribution in [0.15, 0.2) is 47.4 Å². The number of nitrogens with zero attached hydrogens (tertiary/aromatic N) is 3. The molecule has 0 aliphatic carbocycles. The molecule has 0 saturated heterocycles. The van der Waals surface area contributed by atoms with Crippen LogP contribution in [-0.4, -0.2) is 47.8 Å². The molecular weight excluding hydrogens is 475 g/mol. The van der Waals surface area contributed by atoms with Gasteiger partial charge in [-0.05, 0) is 94.8 Å². The fourth-order valence-electron chi connectivity index (χ4n) is 3.10. The van der Waals surface area contributed by atoms with Crippen molar-refractivity contribution in [3.63, 3.8) is 0 Å². The summed E-state index contributed by atoms with van der Waals surface area (Å²) in [6, 6.07) is 11.7. The fraction of sp³-hybridized carbons (Fsp3) is 0.292. The number of nitrogens with one attached hydrogen (secondary N) is 2. The maximum atomic E-state index is 13.9. The van der Waals surface area contributed by atoms with Crippen molar-refractivity contribution in [1.29, 1.82) is 5.41 Å². The Labute approximate surface area is 208 Å². The van der Waals surface area contributed by atoms with E-state index in [1.54, 1.807) is 13.0 Å². The summed E-state index contributed by atoms with van der Waals surface area (Å²) in [6.45, 7) is 3.08. The van der Waals surface area contributed by atoms with E-state index in [9.17, 15) is 4.39 Å². The van der Waals surface area contributed by atoms with Crippen LogP contribution in [0.5, 0.6) is 5.88 Å². The normalized spacial score (nSPS) is 11.0. The number of ether oxygens (including phenoxy) is 1. The molecule has 7 nitrogen and oxygen atoms in total. The van der Waals surface area contributed by atoms with Crippen molar-refractivity contribution in [2.75, 3.05) is 37.7 Å². The van der Waals surface area contributed by atoms with Gasteiger partial charge >= 0.3 is 0 Å². The average molecular weight is 503 g/mol. The second-order valence-corrected chi connectivity index (χ2v) is 9.24. The molecule has 0 spiro atoms. The van der Waals surface area contributed by atoms with Gasteiger partial charge in [0.05, 0.1) is 17.1 Å². The standard InChI is InChI=1S/C24H28ClFN6OS/c1-15(27)21-22(28)29-23(30-24(21)33-13-5-4-12-32(2)3)16-6-9-18(10-7-16)31-34-20-14-17(25)8-11-19(20)26/h6-11,14,27,31H,4-5,12-13H2,1-3H3,(H2,28,29,30). The highest BCUT2D eigenvalue weighted by Gasteiger charge is 2.17. The Hall–Kier alpha value is -2.88. The molecule has 34 heavy (non-hydrogen) atoms. The first-order valence-corrected chi connectivity index (χ1v) is 11.9. The molecule has 3 rings (SSSR count). The zero-order chi connectivity index (χ0) is 24.7. The third kappa shape index (κ3) is 7.06. The van der Waals surface area contributed by atoms with Crippen LogP contribution >= 0.6 is 23.5 Å². The molecule has 0 fully saturated rings. The highest BCUT2D eigenvalue weighted by atomic mass is 35.5. The molecule has 0 bridgehead atoms. The zero-order valence-electron chi connectivity index (χ0n) is 19.4. The lowest BCUT2D eigenvalue weighted by molar-refractivity contribution is 0.283. The van der Waals surface area contributed by atoms with Gasteiger partial charge in [0.25, 0.3) is 0 Å². The molecular formula is C24H28ClFN6OS. The SMILES string of the molecule is CC(=N)c1c(N)nc(-c2ccc(NSc3cc(Cl)ccc3F)cc2)nc1OCCCCN(C)C. The van der Waals surface area contributed by atoms with Crippen molar-refractivity contribution < 1.29 is 9.13 Å². The summed E-state index contributed by atoms with van der Waals surface area (Å²) < 4.78 is 22.9. The van der Waals surface area contributed by atoms with E-state index < -0.39 is 0 Å². The number of hydrogen-bond donors (Lipinski definition) is 3. The monoisotopic (exact) mass is 502 g/mol. The Bertz CT molecular complexity index is 1140. The lowest BCUT2D eigenvalue weighted by Crippen LogP contribution is -2.15. The van der Waals surface area contributed by atoms with Gasteiger partial charge in [-0.1, -0.05) is 11.6 Å². The van der Waals surface area contributed by atoms with Crippen LogP contribution < -0.4 is 15.2 Å². The van der Waals surface area contributed by atoms with Crippen LogP contribution in [-0.2, 0) is 0 Å². The summed E-state index contributed by atoms with van der Waals surface area (Å²) in [5.41, 5.74) is 8.33. The van der Waals surface area contributed by atoms with Crippen LogP contribution in [0.4, 0.5) is 15.9 Å². The van der Waals surface area contributed by atoms with E-state index in [2.05, 4.69) is 19.6 Å². The van der Waals surface area contributed by atoms with Gasteiger partial charge in [-0.2, -0.15) is 4.98 Å². The summed E-state index contributed by atoms with van der Waals surface area (Å²) in [7, 11) is 4.06. The summed E-state index contributed by atoms with van der Waals surface area (Å²) in [5, 5.41) is 8.51. The minimum atomic E-state index is -0.349. The first kappa shape index (κ1) is 25.7. The Morgan fingerprint density at radius 1 is 1.18 bits per heavy atom. The first-order chi connectivity index (χ1) is 16.2. The van der Waals surface area contributed by atoms with Crippen LogP contribution in [0.3, 0.4) is 0 Å². The Morgan fingerprint density at radius 2 is 1.91 bits per heavy atom. The zero-order valence-corrected chi connectivity index (χ0v) is 20.9. The fourth-order valence-corrected chi connectivity index (χ4v) is 4.05. The van der Waals surface area contributed by atoms with Gasteiger partial charge in [-0.15, -0.1) is 0 Å². The average Bonchev–Trinajstić information content (AvgIpc) is 2.79. The molecule has 2 aromatic carbocycles. The molecule has 10 heteroatoms. The molecule has 0 unspecified atom stereocenters. The Balaban J connectivity index is 1.73. The number of nitrogen functional groups attached to an aromatic ring is 1. The van der Waals surface area contributed by atoms with Gasteiger partial charge in [-0.25, -0.2) is 9.37 Å². The highest BCUT2D eigenvalue weighted by Crippen LogP contribution is 2.29. The third-order valence-electron chi connectivity index (χ3n) is 4.83. The summed E-state index contributed by atoms with van der Waals surface area (Å²) in [4.78, 5) is 11.5. The van der Waals surface area contributed by atoms with Crippen molar-refractivity contribution >= 4 is 40.8 Å². The first-order valence-electron chi connectivity index (χ1n) is 10.7. The van der Waals surface area contributed by atoms with Gasteiger partial charge < -0.3 is 25.5 Å². The van der Waals surface area contributed by atoms with Crippen LogP contribution in [0.25, 0.3) is 11.4 Å². The van der Waals surface area contributed by atoms with E-state index in [0.717, 1.165) is 42.6 Å². The molecule has 180 valence electrons. The highest BCUT2D eigenvalue weighted by molar-refractivity contribution is 8.00. The predicted molar refractivity (Wildman–Crippen MR) is 139 cm³/mol. The van der Waals surface area contributed by atoms with Crippen molar-refractivity contribution in [2.45, 2.75) is 24.7 Å². The number of unbranched alkanes of at least 4 members (excludes halogenated alkanes) is 1. The van der Waals surface area contributed by atoms with Gasteiger partial charge in [0.2, 0.25) is 5.88 Å². The number of rotatable bonds is 11. The number of hydrogen-bond acceptors (Lipinski definition) is 8. The third-order valence-corrected chi connectivity index (χ3v) is 5.94. The van der Waals surface area contributed by atoms with E-state index >= 15 is 0 Å². The Kier molecular flexibility index (Phi) is 9.09. The molecule has 0 aliphatic rings. The topological polar surface area (TPSA) is 100 Å². The summed E-state index contributed by atoms with van der Waals surface area (Å²) in [5.74, 6) is 0.577. The lowest BCUT2D eigenvalue weighted by Gasteiger charge is -2.14.